The van der Waals surface area contributed by atoms with Crippen molar-refractivity contribution in [2.24, 2.45) is 5.92 Å². The van der Waals surface area contributed by atoms with Gasteiger partial charge in [-0.2, -0.15) is 0 Å². The molecule has 0 radical (unpaired) electrons. The summed E-state index contributed by atoms with van der Waals surface area (Å²) in [4.78, 5) is 11.2. The maximum absolute atomic E-state index is 5.59. The number of anilines is 2. The first-order valence-electron chi connectivity index (χ1n) is 8.01. The van der Waals surface area contributed by atoms with Gasteiger partial charge in [-0.15, -0.1) is 0 Å². The Morgan fingerprint density at radius 1 is 1.43 bits per heavy atom. The third-order valence-corrected chi connectivity index (χ3v) is 3.93. The molecule has 1 aliphatic heterocycles. The molecule has 1 aromatic heterocycles. The molecular weight excluding hydrogens is 264 g/mol. The summed E-state index contributed by atoms with van der Waals surface area (Å²) >= 11 is 0. The van der Waals surface area contributed by atoms with Gasteiger partial charge < -0.3 is 15.0 Å². The van der Waals surface area contributed by atoms with E-state index in [0.717, 1.165) is 37.9 Å². The predicted octanol–water partition coefficient (Wildman–Crippen LogP) is 2.89. The summed E-state index contributed by atoms with van der Waals surface area (Å²) in [6.45, 7) is 10.1. The molecule has 1 N–H and O–H groups in total. The van der Waals surface area contributed by atoms with E-state index in [9.17, 15) is 0 Å². The summed E-state index contributed by atoms with van der Waals surface area (Å²) in [7, 11) is 2.12. The fourth-order valence-electron chi connectivity index (χ4n) is 2.96. The van der Waals surface area contributed by atoms with Crippen LogP contribution in [0.4, 0.5) is 11.6 Å². The van der Waals surface area contributed by atoms with Crippen molar-refractivity contribution in [3.05, 3.63) is 11.9 Å². The van der Waals surface area contributed by atoms with Crippen molar-refractivity contribution < 1.29 is 4.74 Å². The van der Waals surface area contributed by atoms with Crippen LogP contribution in [-0.2, 0) is 4.74 Å². The predicted molar refractivity (Wildman–Crippen MR) is 87.1 cm³/mol. The lowest BCUT2D eigenvalue weighted by atomic mass is 10.0. The molecule has 1 aromatic rings. The van der Waals surface area contributed by atoms with E-state index in [0.29, 0.717) is 11.8 Å². The zero-order valence-electron chi connectivity index (χ0n) is 13.7. The zero-order chi connectivity index (χ0) is 15.2. The standard InChI is InChI=1S/C16H28N4O/c1-5-17-15-14(12(2)3)16(19-11-18-15)20(4)9-13-7-6-8-21-10-13/h11-13H,5-10H2,1-4H3,(H,17,18,19). The van der Waals surface area contributed by atoms with Crippen molar-refractivity contribution in [1.82, 2.24) is 9.97 Å². The second-order valence-electron chi connectivity index (χ2n) is 6.11. The molecule has 0 aliphatic carbocycles. The molecule has 0 aromatic carbocycles. The molecule has 0 bridgehead atoms. The molecule has 118 valence electrons. The van der Waals surface area contributed by atoms with Crippen molar-refractivity contribution in [2.45, 2.75) is 39.5 Å². The molecule has 1 fully saturated rings. The molecule has 2 rings (SSSR count). The molecule has 2 heterocycles. The molecule has 21 heavy (non-hydrogen) atoms. The Morgan fingerprint density at radius 2 is 2.24 bits per heavy atom. The van der Waals surface area contributed by atoms with Crippen LogP contribution in [0.15, 0.2) is 6.33 Å². The first-order chi connectivity index (χ1) is 10.1. The Labute approximate surface area is 128 Å². The topological polar surface area (TPSA) is 50.3 Å². The quantitative estimate of drug-likeness (QED) is 0.873. The molecular formula is C16H28N4O. The summed E-state index contributed by atoms with van der Waals surface area (Å²) < 4.78 is 5.59. The summed E-state index contributed by atoms with van der Waals surface area (Å²) in [6.07, 6.45) is 4.07. The van der Waals surface area contributed by atoms with Crippen LogP contribution < -0.4 is 10.2 Å². The normalized spacial score (nSPS) is 18.8. The van der Waals surface area contributed by atoms with E-state index < -0.39 is 0 Å². The third kappa shape index (κ3) is 4.06. The van der Waals surface area contributed by atoms with Crippen molar-refractivity contribution in [3.8, 4) is 0 Å². The van der Waals surface area contributed by atoms with E-state index in [-0.39, 0.29) is 0 Å². The van der Waals surface area contributed by atoms with E-state index >= 15 is 0 Å². The van der Waals surface area contributed by atoms with Crippen LogP contribution >= 0.6 is 0 Å². The smallest absolute Gasteiger partial charge is 0.137 e. The van der Waals surface area contributed by atoms with Gasteiger partial charge in [0.15, 0.2) is 0 Å². The first kappa shape index (κ1) is 16.0. The van der Waals surface area contributed by atoms with Gasteiger partial charge in [0.1, 0.15) is 18.0 Å². The maximum Gasteiger partial charge on any atom is 0.137 e. The minimum absolute atomic E-state index is 0.389. The van der Waals surface area contributed by atoms with Gasteiger partial charge in [0.05, 0.1) is 6.61 Å². The Balaban J connectivity index is 2.18. The van der Waals surface area contributed by atoms with Crippen molar-refractivity contribution >= 4 is 11.6 Å². The first-order valence-corrected chi connectivity index (χ1v) is 8.01. The number of nitrogens with one attached hydrogen (secondary N) is 1. The number of nitrogens with zero attached hydrogens (tertiary/aromatic N) is 3. The van der Waals surface area contributed by atoms with Crippen molar-refractivity contribution in [2.75, 3.05) is 43.6 Å². The molecule has 1 saturated heterocycles. The van der Waals surface area contributed by atoms with Crippen LogP contribution in [0.3, 0.4) is 0 Å². The van der Waals surface area contributed by atoms with Gasteiger partial charge in [-0.1, -0.05) is 13.8 Å². The van der Waals surface area contributed by atoms with Crippen molar-refractivity contribution in [1.29, 1.82) is 0 Å². The fourth-order valence-corrected chi connectivity index (χ4v) is 2.96. The molecule has 5 heteroatoms. The van der Waals surface area contributed by atoms with Crippen LogP contribution in [0.1, 0.15) is 45.1 Å². The molecule has 0 spiro atoms. The molecule has 5 nitrogen and oxygen atoms in total. The SMILES string of the molecule is CCNc1ncnc(N(C)CC2CCCOC2)c1C(C)C. The Hall–Kier alpha value is -1.36. The largest absolute Gasteiger partial charge is 0.381 e. The van der Waals surface area contributed by atoms with Crippen LogP contribution in [0, 0.1) is 5.92 Å². The number of ether oxygens (including phenoxy) is 1. The Bertz CT molecular complexity index is 444. The van der Waals surface area contributed by atoms with E-state index in [4.69, 9.17) is 4.74 Å². The highest BCUT2D eigenvalue weighted by atomic mass is 16.5. The molecule has 1 unspecified atom stereocenters. The van der Waals surface area contributed by atoms with Gasteiger partial charge in [0.2, 0.25) is 0 Å². The lowest BCUT2D eigenvalue weighted by molar-refractivity contribution is 0.0576. The second kappa shape index (κ2) is 7.59. The van der Waals surface area contributed by atoms with Crippen molar-refractivity contribution in [3.63, 3.8) is 0 Å². The van der Waals surface area contributed by atoms with Gasteiger partial charge in [0, 0.05) is 32.3 Å². The summed E-state index contributed by atoms with van der Waals surface area (Å²) in [6, 6.07) is 0. The van der Waals surface area contributed by atoms with Gasteiger partial charge in [-0.25, -0.2) is 9.97 Å². The average molecular weight is 292 g/mol. The number of hydrogen-bond acceptors (Lipinski definition) is 5. The van der Waals surface area contributed by atoms with E-state index in [2.05, 4.69) is 48.0 Å². The molecule has 0 saturated carbocycles. The summed E-state index contributed by atoms with van der Waals surface area (Å²) in [5, 5.41) is 3.35. The maximum atomic E-state index is 5.59. The highest BCUT2D eigenvalue weighted by molar-refractivity contribution is 5.60. The lowest BCUT2D eigenvalue weighted by Gasteiger charge is -2.30. The monoisotopic (exact) mass is 292 g/mol. The zero-order valence-corrected chi connectivity index (χ0v) is 13.7. The van der Waals surface area contributed by atoms with Gasteiger partial charge in [-0.05, 0) is 31.6 Å². The second-order valence-corrected chi connectivity index (χ2v) is 6.11. The Kier molecular flexibility index (Phi) is 5.79. The molecule has 1 aliphatic rings. The van der Waals surface area contributed by atoms with Crippen LogP contribution in [0.2, 0.25) is 0 Å². The minimum atomic E-state index is 0.389. The third-order valence-electron chi connectivity index (χ3n) is 3.93. The highest BCUT2D eigenvalue weighted by Gasteiger charge is 2.21. The van der Waals surface area contributed by atoms with Crippen LogP contribution in [0.25, 0.3) is 0 Å². The van der Waals surface area contributed by atoms with Crippen LogP contribution in [0.5, 0.6) is 0 Å². The summed E-state index contributed by atoms with van der Waals surface area (Å²) in [5.41, 5.74) is 1.21. The van der Waals surface area contributed by atoms with E-state index in [1.165, 1.54) is 18.4 Å². The fraction of sp³-hybridized carbons (Fsp3) is 0.750. The minimum Gasteiger partial charge on any atom is -0.381 e. The number of aromatic nitrogens is 2. The van der Waals surface area contributed by atoms with E-state index in [1.54, 1.807) is 6.33 Å². The van der Waals surface area contributed by atoms with Gasteiger partial charge in [-0.3, -0.25) is 0 Å². The van der Waals surface area contributed by atoms with E-state index in [1.807, 2.05) is 0 Å². The summed E-state index contributed by atoms with van der Waals surface area (Å²) in [5.74, 6) is 2.99. The number of hydrogen-bond donors (Lipinski definition) is 1. The Morgan fingerprint density at radius 3 is 2.86 bits per heavy atom. The van der Waals surface area contributed by atoms with Gasteiger partial charge >= 0.3 is 0 Å². The number of rotatable bonds is 6. The van der Waals surface area contributed by atoms with Gasteiger partial charge in [0.25, 0.3) is 0 Å². The highest BCUT2D eigenvalue weighted by Crippen LogP contribution is 2.31. The van der Waals surface area contributed by atoms with Crippen LogP contribution in [-0.4, -0.2) is 43.3 Å². The molecule has 0 amide bonds. The lowest BCUT2D eigenvalue weighted by Crippen LogP contribution is -2.32. The average Bonchev–Trinajstić information content (AvgIpc) is 2.48. The molecule has 1 atom stereocenters.